The highest BCUT2D eigenvalue weighted by Gasteiger charge is 2.23. The maximum absolute atomic E-state index is 6.19. The highest BCUT2D eigenvalue weighted by molar-refractivity contribution is 6.15. The first-order valence-corrected chi connectivity index (χ1v) is 5.19. The van der Waals surface area contributed by atoms with Crippen molar-refractivity contribution in [2.75, 3.05) is 0 Å². The first-order valence-electron chi connectivity index (χ1n) is 5.19. The summed E-state index contributed by atoms with van der Waals surface area (Å²) in [6.45, 7) is 11.1. The predicted octanol–water partition coefficient (Wildman–Crippen LogP) is 3.82. The SMILES string of the molecule is [B]C(C)(CC(C)CCC)C(C)C. The maximum Gasteiger partial charge on any atom is 0.0746 e. The minimum atomic E-state index is 0.0224. The molecule has 0 aliphatic heterocycles. The molecule has 2 radical (unpaired) electrons. The molecule has 0 saturated heterocycles. The fourth-order valence-electron chi connectivity index (χ4n) is 1.58. The first kappa shape index (κ1) is 12.1. The molecule has 0 aromatic carbocycles. The Labute approximate surface area is 79.5 Å². The average molecular weight is 166 g/mol. The van der Waals surface area contributed by atoms with Crippen LogP contribution in [0.1, 0.15) is 53.9 Å². The highest BCUT2D eigenvalue weighted by atomic mass is 14.2. The van der Waals surface area contributed by atoms with E-state index in [0.717, 1.165) is 12.3 Å². The summed E-state index contributed by atoms with van der Waals surface area (Å²) in [5.74, 6) is 1.35. The largest absolute Gasteiger partial charge is 0.0746 e. The Hall–Kier alpha value is 0.0649. The van der Waals surface area contributed by atoms with E-state index in [1.165, 1.54) is 12.8 Å². The van der Waals surface area contributed by atoms with E-state index in [2.05, 4.69) is 34.6 Å². The van der Waals surface area contributed by atoms with Gasteiger partial charge in [-0.3, -0.25) is 0 Å². The van der Waals surface area contributed by atoms with Crippen molar-refractivity contribution in [3.05, 3.63) is 0 Å². The second-order valence-electron chi connectivity index (χ2n) is 4.76. The molecule has 70 valence electrons. The summed E-state index contributed by atoms with van der Waals surface area (Å²) < 4.78 is 0. The van der Waals surface area contributed by atoms with Gasteiger partial charge in [0.05, 0.1) is 7.85 Å². The Balaban J connectivity index is 3.88. The molecule has 12 heavy (non-hydrogen) atoms. The molecule has 0 fully saturated rings. The number of rotatable bonds is 5. The predicted molar refractivity (Wildman–Crippen MR) is 57.6 cm³/mol. The molecule has 0 rings (SSSR count). The van der Waals surface area contributed by atoms with Gasteiger partial charge in [-0.1, -0.05) is 59.2 Å². The number of hydrogen-bond acceptors (Lipinski definition) is 0. The minimum Gasteiger partial charge on any atom is -0.0674 e. The molecule has 1 heteroatoms. The monoisotopic (exact) mass is 166 g/mol. The fourth-order valence-corrected chi connectivity index (χ4v) is 1.58. The quantitative estimate of drug-likeness (QED) is 0.544. The van der Waals surface area contributed by atoms with Crippen LogP contribution in [0.2, 0.25) is 5.31 Å². The summed E-state index contributed by atoms with van der Waals surface area (Å²) in [6.07, 6.45) is 3.73. The van der Waals surface area contributed by atoms with E-state index in [-0.39, 0.29) is 5.31 Å². The standard InChI is InChI=1S/C11H23B/c1-6-7-10(4)8-11(5,12)9(2)3/h9-10H,6-8H2,1-5H3. The van der Waals surface area contributed by atoms with Gasteiger partial charge in [-0.15, -0.1) is 0 Å². The van der Waals surface area contributed by atoms with Gasteiger partial charge in [0.25, 0.3) is 0 Å². The van der Waals surface area contributed by atoms with E-state index in [4.69, 9.17) is 7.85 Å². The fraction of sp³-hybridized carbons (Fsp3) is 1.00. The molecule has 0 aliphatic rings. The van der Waals surface area contributed by atoms with Crippen LogP contribution in [0.4, 0.5) is 0 Å². The third-order valence-electron chi connectivity index (χ3n) is 2.89. The molecule has 2 unspecified atom stereocenters. The molecule has 0 nitrogen and oxygen atoms in total. The van der Waals surface area contributed by atoms with Crippen LogP contribution in [0.5, 0.6) is 0 Å². The minimum absolute atomic E-state index is 0.0224. The second kappa shape index (κ2) is 4.94. The van der Waals surface area contributed by atoms with Crippen molar-refractivity contribution in [2.24, 2.45) is 11.8 Å². The molecule has 0 spiro atoms. The zero-order valence-electron chi connectivity index (χ0n) is 9.35. The molecule has 0 heterocycles. The highest BCUT2D eigenvalue weighted by Crippen LogP contribution is 2.38. The van der Waals surface area contributed by atoms with Gasteiger partial charge >= 0.3 is 0 Å². The van der Waals surface area contributed by atoms with Gasteiger partial charge in [0.1, 0.15) is 0 Å². The maximum atomic E-state index is 6.19. The lowest BCUT2D eigenvalue weighted by Gasteiger charge is -2.32. The molecule has 0 aromatic heterocycles. The molecule has 0 aliphatic carbocycles. The lowest BCUT2D eigenvalue weighted by atomic mass is 9.59. The van der Waals surface area contributed by atoms with Crippen LogP contribution in [0, 0.1) is 11.8 Å². The van der Waals surface area contributed by atoms with Crippen LogP contribution >= 0.6 is 0 Å². The Bertz CT molecular complexity index is 116. The lowest BCUT2D eigenvalue weighted by Crippen LogP contribution is -2.19. The van der Waals surface area contributed by atoms with Crippen LogP contribution < -0.4 is 0 Å². The van der Waals surface area contributed by atoms with Crippen molar-refractivity contribution in [1.82, 2.24) is 0 Å². The normalized spacial score (nSPS) is 19.2. The van der Waals surface area contributed by atoms with Crippen molar-refractivity contribution in [3.8, 4) is 0 Å². The Morgan fingerprint density at radius 1 is 1.25 bits per heavy atom. The van der Waals surface area contributed by atoms with Gasteiger partial charge in [0.2, 0.25) is 0 Å². The van der Waals surface area contributed by atoms with Gasteiger partial charge in [-0.05, 0) is 11.8 Å². The van der Waals surface area contributed by atoms with E-state index in [0.29, 0.717) is 5.92 Å². The molecular weight excluding hydrogens is 143 g/mol. The Kier molecular flexibility index (Phi) is 4.97. The van der Waals surface area contributed by atoms with Crippen molar-refractivity contribution in [1.29, 1.82) is 0 Å². The molecule has 0 aromatic rings. The molecule has 0 amide bonds. The van der Waals surface area contributed by atoms with Gasteiger partial charge in [-0.25, -0.2) is 0 Å². The lowest BCUT2D eigenvalue weighted by molar-refractivity contribution is 0.338. The van der Waals surface area contributed by atoms with E-state index in [1.54, 1.807) is 0 Å². The first-order chi connectivity index (χ1) is 5.40. The Morgan fingerprint density at radius 2 is 1.75 bits per heavy atom. The molecule has 0 N–H and O–H groups in total. The second-order valence-corrected chi connectivity index (χ2v) is 4.76. The molecule has 0 saturated carbocycles. The average Bonchev–Trinajstić information content (AvgIpc) is 1.85. The van der Waals surface area contributed by atoms with Crippen LogP contribution in [0.3, 0.4) is 0 Å². The van der Waals surface area contributed by atoms with Gasteiger partial charge in [0, 0.05) is 0 Å². The summed E-state index contributed by atoms with van der Waals surface area (Å²) >= 11 is 0. The zero-order valence-corrected chi connectivity index (χ0v) is 9.35. The van der Waals surface area contributed by atoms with Crippen LogP contribution in [0.15, 0.2) is 0 Å². The summed E-state index contributed by atoms with van der Waals surface area (Å²) in [5.41, 5.74) is 0. The van der Waals surface area contributed by atoms with Crippen molar-refractivity contribution >= 4 is 7.85 Å². The van der Waals surface area contributed by atoms with Gasteiger partial charge in [0.15, 0.2) is 0 Å². The van der Waals surface area contributed by atoms with Crippen molar-refractivity contribution in [2.45, 2.75) is 59.2 Å². The third-order valence-corrected chi connectivity index (χ3v) is 2.89. The molecule has 0 bridgehead atoms. The summed E-state index contributed by atoms with van der Waals surface area (Å²) in [7, 11) is 6.19. The zero-order chi connectivity index (χ0) is 9.78. The van der Waals surface area contributed by atoms with Crippen LogP contribution in [0.25, 0.3) is 0 Å². The summed E-state index contributed by atoms with van der Waals surface area (Å²) in [5, 5.41) is 0.0224. The smallest absolute Gasteiger partial charge is 0.0674 e. The van der Waals surface area contributed by atoms with Crippen molar-refractivity contribution in [3.63, 3.8) is 0 Å². The van der Waals surface area contributed by atoms with Crippen LogP contribution in [-0.4, -0.2) is 7.85 Å². The van der Waals surface area contributed by atoms with E-state index >= 15 is 0 Å². The van der Waals surface area contributed by atoms with Gasteiger partial charge < -0.3 is 0 Å². The van der Waals surface area contributed by atoms with E-state index < -0.39 is 0 Å². The Morgan fingerprint density at radius 3 is 2.08 bits per heavy atom. The topological polar surface area (TPSA) is 0 Å². The molecular formula is C11H23B. The molecule has 2 atom stereocenters. The third kappa shape index (κ3) is 4.18. The van der Waals surface area contributed by atoms with E-state index in [1.807, 2.05) is 0 Å². The van der Waals surface area contributed by atoms with Gasteiger partial charge in [-0.2, -0.15) is 0 Å². The van der Waals surface area contributed by atoms with E-state index in [9.17, 15) is 0 Å². The van der Waals surface area contributed by atoms with Crippen LogP contribution in [-0.2, 0) is 0 Å². The summed E-state index contributed by atoms with van der Waals surface area (Å²) in [6, 6.07) is 0. The number of hydrogen-bond donors (Lipinski definition) is 0. The van der Waals surface area contributed by atoms with Crippen molar-refractivity contribution < 1.29 is 0 Å². The summed E-state index contributed by atoms with van der Waals surface area (Å²) in [4.78, 5) is 0.